The second-order valence-electron chi connectivity index (χ2n) is 8.46. The van der Waals surface area contributed by atoms with Crippen LogP contribution in [0.1, 0.15) is 56.6 Å². The zero-order valence-electron chi connectivity index (χ0n) is 19.5. The van der Waals surface area contributed by atoms with Gasteiger partial charge in [-0.2, -0.15) is 0 Å². The lowest BCUT2D eigenvalue weighted by Gasteiger charge is -2.27. The average Bonchev–Trinajstić information content (AvgIpc) is 3.25. The Morgan fingerprint density at radius 2 is 2.15 bits per heavy atom. The van der Waals surface area contributed by atoms with Gasteiger partial charge in [-0.3, -0.25) is 4.79 Å². The molecule has 180 valence electrons. The number of rotatable bonds is 4. The molecule has 1 N–H and O–H groups in total. The number of cyclic esters (lactones) is 1. The monoisotopic (exact) mass is 458 g/mol. The minimum Gasteiger partial charge on any atom is -0.467 e. The molecular formula is C25H34N2O6. The Kier molecular flexibility index (Phi) is 9.30. The normalized spacial score (nSPS) is 24.4. The summed E-state index contributed by atoms with van der Waals surface area (Å²) in [7, 11) is 1.31. The highest BCUT2D eigenvalue weighted by atomic mass is 16.5. The van der Waals surface area contributed by atoms with Crippen LogP contribution >= 0.6 is 0 Å². The van der Waals surface area contributed by atoms with Gasteiger partial charge in [0, 0.05) is 13.0 Å². The fourth-order valence-electron chi connectivity index (χ4n) is 4.16. The summed E-state index contributed by atoms with van der Waals surface area (Å²) in [5, 5.41) is 2.71. The number of allylic oxidation sites excluding steroid dienone is 1. The maximum atomic E-state index is 13.4. The van der Waals surface area contributed by atoms with Crippen molar-refractivity contribution in [2.24, 2.45) is 0 Å². The van der Waals surface area contributed by atoms with Crippen molar-refractivity contribution in [3.63, 3.8) is 0 Å². The number of hydrogen-bond acceptors (Lipinski definition) is 6. The average molecular weight is 459 g/mol. The molecule has 0 saturated carbocycles. The Bertz CT molecular complexity index is 855. The summed E-state index contributed by atoms with van der Waals surface area (Å²) in [6.45, 7) is 2.92. The summed E-state index contributed by atoms with van der Waals surface area (Å²) in [4.78, 5) is 39.7. The summed E-state index contributed by atoms with van der Waals surface area (Å²) in [6.07, 6.45) is 7.05. The minimum atomic E-state index is -0.765. The number of nitrogens with zero attached hydrogens (tertiary/aromatic N) is 1. The third-order valence-electron chi connectivity index (χ3n) is 5.95. The molecule has 0 aromatic heterocycles. The van der Waals surface area contributed by atoms with Crippen LogP contribution in [-0.2, 0) is 30.4 Å². The lowest BCUT2D eigenvalue weighted by molar-refractivity contribution is -0.151. The molecule has 2 aliphatic heterocycles. The van der Waals surface area contributed by atoms with Gasteiger partial charge in [-0.25, -0.2) is 9.59 Å². The summed E-state index contributed by atoms with van der Waals surface area (Å²) >= 11 is 0. The maximum absolute atomic E-state index is 13.4. The van der Waals surface area contributed by atoms with Crippen LogP contribution in [0.4, 0.5) is 4.79 Å². The Balaban J connectivity index is 1.83. The van der Waals surface area contributed by atoms with Crippen LogP contribution in [0, 0.1) is 0 Å². The molecule has 2 aliphatic rings. The van der Waals surface area contributed by atoms with Crippen LogP contribution in [-0.4, -0.2) is 61.3 Å². The van der Waals surface area contributed by atoms with Gasteiger partial charge in [0.15, 0.2) is 0 Å². The van der Waals surface area contributed by atoms with Crippen molar-refractivity contribution >= 4 is 24.0 Å². The van der Waals surface area contributed by atoms with Crippen molar-refractivity contribution in [1.29, 1.82) is 0 Å². The van der Waals surface area contributed by atoms with E-state index in [1.807, 2.05) is 37.3 Å². The van der Waals surface area contributed by atoms with Crippen LogP contribution in [0.15, 0.2) is 30.3 Å². The van der Waals surface area contributed by atoms with Crippen molar-refractivity contribution in [3.8, 4) is 0 Å². The molecule has 3 rings (SSSR count). The van der Waals surface area contributed by atoms with Gasteiger partial charge < -0.3 is 24.4 Å². The van der Waals surface area contributed by atoms with Gasteiger partial charge in [-0.1, -0.05) is 50.1 Å². The van der Waals surface area contributed by atoms with Gasteiger partial charge in [-0.05, 0) is 36.5 Å². The van der Waals surface area contributed by atoms with E-state index in [4.69, 9.17) is 14.2 Å². The van der Waals surface area contributed by atoms with E-state index in [1.54, 1.807) is 0 Å². The molecule has 0 aliphatic carbocycles. The van der Waals surface area contributed by atoms with E-state index in [-0.39, 0.29) is 25.2 Å². The molecular weight excluding hydrogens is 424 g/mol. The molecule has 8 heteroatoms. The van der Waals surface area contributed by atoms with Gasteiger partial charge in [-0.15, -0.1) is 0 Å². The SMILES string of the molecule is CCCC[C@@H]1NC(=O)OCCCC=Cc2cccc(c2)CO[C@@H]2C[C@@H](C(=O)OC)N(C2)C1=O. The molecule has 1 aromatic carbocycles. The number of nitrogens with one attached hydrogen (secondary N) is 1. The first kappa shape index (κ1) is 24.8. The largest absolute Gasteiger partial charge is 0.467 e. The fraction of sp³-hybridized carbons (Fsp3) is 0.560. The summed E-state index contributed by atoms with van der Waals surface area (Å²) in [5.74, 6) is -0.794. The molecule has 0 radical (unpaired) electrons. The van der Waals surface area contributed by atoms with E-state index in [2.05, 4.69) is 11.4 Å². The number of esters is 1. The number of benzene rings is 1. The standard InChI is InChI=1S/C25H34N2O6/c1-3-4-12-21-23(28)27-16-20(15-22(27)24(29)31-2)33-17-19-11-8-10-18(14-19)9-6-5-7-13-32-25(30)26-21/h6,8-11,14,20-22H,3-5,7,12-13,15-17H2,1-2H3,(H,26,30)/t20-,21+,22+/m1/s1. The number of unbranched alkanes of at least 4 members (excludes halogenated alkanes) is 1. The molecule has 1 fully saturated rings. The molecule has 0 unspecified atom stereocenters. The van der Waals surface area contributed by atoms with E-state index in [0.717, 1.165) is 30.4 Å². The number of amides is 2. The molecule has 1 aromatic rings. The van der Waals surface area contributed by atoms with Crippen LogP contribution in [0.2, 0.25) is 0 Å². The zero-order valence-corrected chi connectivity index (χ0v) is 19.5. The van der Waals surface area contributed by atoms with Crippen molar-refractivity contribution < 1.29 is 28.6 Å². The third kappa shape index (κ3) is 7.05. The van der Waals surface area contributed by atoms with E-state index < -0.39 is 24.1 Å². The molecule has 33 heavy (non-hydrogen) atoms. The number of carbonyl (C=O) groups is 3. The number of fused-ring (bicyclic) bond motifs is 4. The Hall–Kier alpha value is -2.87. The first-order valence-corrected chi connectivity index (χ1v) is 11.7. The summed E-state index contributed by atoms with van der Waals surface area (Å²) in [6, 6.07) is 6.53. The third-order valence-corrected chi connectivity index (χ3v) is 5.95. The molecule has 2 heterocycles. The summed E-state index contributed by atoms with van der Waals surface area (Å²) in [5.41, 5.74) is 2.08. The van der Waals surface area contributed by atoms with Gasteiger partial charge in [0.05, 0.1) is 26.4 Å². The molecule has 1 saturated heterocycles. The second-order valence-corrected chi connectivity index (χ2v) is 8.46. The lowest BCUT2D eigenvalue weighted by atomic mass is 10.1. The van der Waals surface area contributed by atoms with Crippen molar-refractivity contribution in [2.45, 2.75) is 70.2 Å². The van der Waals surface area contributed by atoms with Gasteiger partial charge in [0.2, 0.25) is 5.91 Å². The number of hydrogen-bond donors (Lipinski definition) is 1. The van der Waals surface area contributed by atoms with Crippen LogP contribution in [0.25, 0.3) is 6.08 Å². The van der Waals surface area contributed by atoms with Gasteiger partial charge >= 0.3 is 12.1 Å². The highest BCUT2D eigenvalue weighted by Crippen LogP contribution is 2.25. The van der Waals surface area contributed by atoms with E-state index in [9.17, 15) is 14.4 Å². The predicted octanol–water partition coefficient (Wildman–Crippen LogP) is 3.44. The Morgan fingerprint density at radius 1 is 1.30 bits per heavy atom. The van der Waals surface area contributed by atoms with Crippen molar-refractivity contribution in [1.82, 2.24) is 10.2 Å². The molecule has 2 amide bonds. The minimum absolute atomic E-state index is 0.259. The number of alkyl carbamates (subject to hydrolysis) is 1. The highest BCUT2D eigenvalue weighted by molar-refractivity contribution is 5.90. The highest BCUT2D eigenvalue weighted by Gasteiger charge is 2.43. The molecule has 0 spiro atoms. The van der Waals surface area contributed by atoms with E-state index in [0.29, 0.717) is 25.9 Å². The Labute approximate surface area is 195 Å². The first-order chi connectivity index (χ1) is 16.0. The van der Waals surface area contributed by atoms with Crippen LogP contribution < -0.4 is 5.32 Å². The summed E-state index contributed by atoms with van der Waals surface area (Å²) < 4.78 is 16.3. The fourth-order valence-corrected chi connectivity index (χ4v) is 4.16. The Morgan fingerprint density at radius 3 is 2.94 bits per heavy atom. The van der Waals surface area contributed by atoms with Crippen molar-refractivity contribution in [2.75, 3.05) is 20.3 Å². The van der Waals surface area contributed by atoms with Crippen LogP contribution in [0.5, 0.6) is 0 Å². The van der Waals surface area contributed by atoms with E-state index >= 15 is 0 Å². The maximum Gasteiger partial charge on any atom is 0.407 e. The van der Waals surface area contributed by atoms with Crippen LogP contribution in [0.3, 0.4) is 0 Å². The quantitative estimate of drug-likeness (QED) is 0.695. The second kappa shape index (κ2) is 12.4. The first-order valence-electron chi connectivity index (χ1n) is 11.7. The van der Waals surface area contributed by atoms with Gasteiger partial charge in [0.1, 0.15) is 12.1 Å². The molecule has 4 bridgehead atoms. The van der Waals surface area contributed by atoms with Gasteiger partial charge in [0.25, 0.3) is 0 Å². The topological polar surface area (TPSA) is 94.2 Å². The number of carbonyl (C=O) groups excluding carboxylic acids is 3. The smallest absolute Gasteiger partial charge is 0.407 e. The molecule has 3 atom stereocenters. The molecule has 8 nitrogen and oxygen atoms in total. The lowest BCUT2D eigenvalue weighted by Crippen LogP contribution is -2.52. The number of ether oxygens (including phenoxy) is 3. The zero-order chi connectivity index (χ0) is 23.6. The number of methoxy groups -OCH3 is 1. The van der Waals surface area contributed by atoms with Crippen molar-refractivity contribution in [3.05, 3.63) is 41.5 Å². The predicted molar refractivity (Wildman–Crippen MR) is 123 cm³/mol. The van der Waals surface area contributed by atoms with E-state index in [1.165, 1.54) is 12.0 Å².